The number of hydrogen-bond acceptors (Lipinski definition) is 0. The first-order valence-electron chi connectivity index (χ1n) is 5.27. The van der Waals surface area contributed by atoms with E-state index < -0.39 is 42.0 Å². The van der Waals surface area contributed by atoms with E-state index in [-0.39, 0.29) is 0 Å². The molecule has 0 saturated heterocycles. The van der Waals surface area contributed by atoms with Gasteiger partial charge in [-0.15, -0.1) is 58.0 Å². The van der Waals surface area contributed by atoms with Crippen LogP contribution in [0.25, 0.3) is 0 Å². The molecule has 108 valence electrons. The molecular formula is C10H5Cl9. The molecule has 0 nitrogen and oxygen atoms in total. The number of alkyl halides is 7. The van der Waals surface area contributed by atoms with Crippen molar-refractivity contribution in [2.24, 2.45) is 11.8 Å². The summed E-state index contributed by atoms with van der Waals surface area (Å²) >= 11 is 57.5. The van der Waals surface area contributed by atoms with Crippen LogP contribution in [-0.4, -0.2) is 30.2 Å². The van der Waals surface area contributed by atoms with E-state index >= 15 is 0 Å². The fourth-order valence-electron chi connectivity index (χ4n) is 3.49. The summed E-state index contributed by atoms with van der Waals surface area (Å²) in [5.41, 5.74) is 0. The van der Waals surface area contributed by atoms with Gasteiger partial charge in [0.15, 0.2) is 4.33 Å². The van der Waals surface area contributed by atoms with E-state index in [1.807, 2.05) is 0 Å². The molecule has 0 aromatic heterocycles. The Bertz CT molecular complexity index is 487. The number of rotatable bonds is 0. The highest BCUT2D eigenvalue weighted by Gasteiger charge is 2.88. The van der Waals surface area contributed by atoms with Gasteiger partial charge in [-0.1, -0.05) is 46.4 Å². The topological polar surface area (TPSA) is 0 Å². The summed E-state index contributed by atoms with van der Waals surface area (Å²) < 4.78 is -1.57. The lowest BCUT2D eigenvalue weighted by Gasteiger charge is -2.40. The van der Waals surface area contributed by atoms with Gasteiger partial charge in [-0.25, -0.2) is 0 Å². The van der Waals surface area contributed by atoms with Crippen molar-refractivity contribution in [2.75, 3.05) is 0 Å². The highest BCUT2D eigenvalue weighted by Crippen LogP contribution is 2.79. The minimum Gasteiger partial charge on any atom is -0.119 e. The van der Waals surface area contributed by atoms with Gasteiger partial charge in [0.1, 0.15) is 9.75 Å². The molecule has 2 bridgehead atoms. The maximum Gasteiger partial charge on any atom is 0.160 e. The third kappa shape index (κ3) is 1.47. The van der Waals surface area contributed by atoms with E-state index in [0.29, 0.717) is 10.1 Å². The molecule has 0 aromatic carbocycles. The standard InChI is InChI=1S/C10H5Cl9/c11-3-1-2(4(12)5(3)13)9(17)7(15)6(14)8(1,16)10(9,18)19/h1-3,6-7H. The molecule has 19 heavy (non-hydrogen) atoms. The van der Waals surface area contributed by atoms with Crippen LogP contribution in [0.4, 0.5) is 0 Å². The third-order valence-corrected chi connectivity index (χ3v) is 10.7. The molecule has 3 rings (SSSR count). The number of halogens is 9. The summed E-state index contributed by atoms with van der Waals surface area (Å²) in [5.74, 6) is -0.989. The van der Waals surface area contributed by atoms with E-state index in [2.05, 4.69) is 0 Å². The fraction of sp³-hybridized carbons (Fsp3) is 0.800. The molecule has 3 aliphatic carbocycles. The van der Waals surface area contributed by atoms with Gasteiger partial charge in [0.05, 0.1) is 21.2 Å². The second-order valence-electron chi connectivity index (χ2n) is 5.02. The Morgan fingerprint density at radius 1 is 0.737 bits per heavy atom. The third-order valence-electron chi connectivity index (χ3n) is 4.38. The summed E-state index contributed by atoms with van der Waals surface area (Å²) in [5, 5.41) is -1.54. The zero-order valence-corrected chi connectivity index (χ0v) is 15.6. The Morgan fingerprint density at radius 3 is 1.74 bits per heavy atom. The monoisotopic (exact) mass is 440 g/mol. The lowest BCUT2D eigenvalue weighted by atomic mass is 9.79. The summed E-state index contributed by atoms with van der Waals surface area (Å²) in [6.45, 7) is 0. The van der Waals surface area contributed by atoms with Gasteiger partial charge in [0.25, 0.3) is 0 Å². The maximum atomic E-state index is 6.66. The molecule has 7 atom stereocenters. The van der Waals surface area contributed by atoms with Crippen molar-refractivity contribution in [3.05, 3.63) is 10.1 Å². The summed E-state index contributed by atoms with van der Waals surface area (Å²) in [4.78, 5) is -2.63. The van der Waals surface area contributed by atoms with Gasteiger partial charge < -0.3 is 0 Å². The molecular weight excluding hydrogens is 439 g/mol. The van der Waals surface area contributed by atoms with Gasteiger partial charge in [0.2, 0.25) is 0 Å². The Balaban J connectivity index is 2.28. The quantitative estimate of drug-likeness (QED) is 0.409. The average molecular weight is 444 g/mol. The fourth-order valence-corrected chi connectivity index (χ4v) is 8.23. The molecule has 9 heteroatoms. The van der Waals surface area contributed by atoms with E-state index in [1.165, 1.54) is 0 Å². The van der Waals surface area contributed by atoms with Crippen molar-refractivity contribution in [1.29, 1.82) is 0 Å². The van der Waals surface area contributed by atoms with Crippen molar-refractivity contribution in [3.63, 3.8) is 0 Å². The lowest BCUT2D eigenvalue weighted by Crippen LogP contribution is -2.51. The predicted octanol–water partition coefficient (Wildman–Crippen LogP) is 5.90. The molecule has 0 aromatic rings. The van der Waals surface area contributed by atoms with Crippen molar-refractivity contribution in [1.82, 2.24) is 0 Å². The molecule has 0 aliphatic heterocycles. The number of hydrogen-bond donors (Lipinski definition) is 0. The van der Waals surface area contributed by atoms with Crippen LogP contribution in [-0.2, 0) is 0 Å². The van der Waals surface area contributed by atoms with E-state index in [4.69, 9.17) is 104 Å². The summed E-state index contributed by atoms with van der Waals surface area (Å²) in [7, 11) is 0. The van der Waals surface area contributed by atoms with Gasteiger partial charge in [-0.2, -0.15) is 0 Å². The summed E-state index contributed by atoms with van der Waals surface area (Å²) in [6.07, 6.45) is 0. The Labute approximate surface area is 155 Å². The van der Waals surface area contributed by atoms with Crippen molar-refractivity contribution < 1.29 is 0 Å². The van der Waals surface area contributed by atoms with Gasteiger partial charge >= 0.3 is 0 Å². The largest absolute Gasteiger partial charge is 0.160 e. The second kappa shape index (κ2) is 4.46. The van der Waals surface area contributed by atoms with Crippen molar-refractivity contribution in [2.45, 2.75) is 30.2 Å². The molecule has 0 N–H and O–H groups in total. The summed E-state index contributed by atoms with van der Waals surface area (Å²) in [6, 6.07) is 0. The van der Waals surface area contributed by atoms with Gasteiger partial charge in [-0.3, -0.25) is 0 Å². The van der Waals surface area contributed by atoms with Gasteiger partial charge in [-0.05, 0) is 0 Å². The van der Waals surface area contributed by atoms with Crippen LogP contribution in [0, 0.1) is 11.8 Å². The normalized spacial score (nSPS) is 58.9. The molecule has 0 radical (unpaired) electrons. The highest BCUT2D eigenvalue weighted by molar-refractivity contribution is 6.63. The predicted molar refractivity (Wildman–Crippen MR) is 86.2 cm³/mol. The van der Waals surface area contributed by atoms with Gasteiger partial charge in [0, 0.05) is 16.9 Å². The van der Waals surface area contributed by atoms with Crippen LogP contribution in [0.5, 0.6) is 0 Å². The van der Waals surface area contributed by atoms with Crippen LogP contribution in [0.1, 0.15) is 0 Å². The highest BCUT2D eigenvalue weighted by atomic mass is 35.5. The van der Waals surface area contributed by atoms with Crippen LogP contribution in [0.3, 0.4) is 0 Å². The van der Waals surface area contributed by atoms with Crippen LogP contribution in [0.15, 0.2) is 10.1 Å². The Morgan fingerprint density at radius 2 is 1.21 bits per heavy atom. The first-order valence-corrected chi connectivity index (χ1v) is 8.85. The molecule has 0 spiro atoms. The molecule has 2 fully saturated rings. The average Bonchev–Trinajstić information content (AvgIpc) is 2.69. The van der Waals surface area contributed by atoms with Crippen LogP contribution in [0.2, 0.25) is 0 Å². The minimum atomic E-state index is -1.57. The Hall–Kier alpha value is 2.35. The van der Waals surface area contributed by atoms with Crippen LogP contribution >= 0.6 is 104 Å². The smallest absolute Gasteiger partial charge is 0.119 e. The zero-order valence-electron chi connectivity index (χ0n) is 8.79. The Kier molecular flexibility index (Phi) is 3.80. The minimum absolute atomic E-state index is 0.298. The SMILES string of the molecule is ClC1=C(Cl)C2C(C1Cl)C1(Cl)C(Cl)C(Cl)C2(Cl)C1(Cl)Cl. The molecule has 2 saturated carbocycles. The van der Waals surface area contributed by atoms with Crippen LogP contribution < -0.4 is 0 Å². The molecule has 3 aliphatic rings. The van der Waals surface area contributed by atoms with Crippen molar-refractivity contribution >= 4 is 104 Å². The number of allylic oxidation sites excluding steroid dienone is 2. The second-order valence-corrected chi connectivity index (χ2v) is 9.82. The first kappa shape index (κ1) is 16.2. The first-order chi connectivity index (χ1) is 8.54. The van der Waals surface area contributed by atoms with E-state index in [0.717, 1.165) is 0 Å². The van der Waals surface area contributed by atoms with Crippen molar-refractivity contribution in [3.8, 4) is 0 Å². The van der Waals surface area contributed by atoms with E-state index in [9.17, 15) is 0 Å². The molecule has 7 unspecified atom stereocenters. The zero-order chi connectivity index (χ0) is 14.5. The number of fused-ring (bicyclic) bond motifs is 5. The molecule has 0 heterocycles. The lowest BCUT2D eigenvalue weighted by molar-refractivity contribution is 0.323. The molecule has 0 amide bonds. The van der Waals surface area contributed by atoms with E-state index in [1.54, 1.807) is 0 Å². The maximum absolute atomic E-state index is 6.66.